The molecule has 180 valence electrons. The number of piperidine rings is 1. The van der Waals surface area contributed by atoms with E-state index in [1.54, 1.807) is 12.1 Å². The number of halogens is 5. The lowest BCUT2D eigenvalue weighted by Gasteiger charge is -2.31. The maximum absolute atomic E-state index is 15.3. The zero-order valence-corrected chi connectivity index (χ0v) is 18.6. The van der Waals surface area contributed by atoms with Crippen LogP contribution in [0, 0.1) is 35.2 Å². The van der Waals surface area contributed by atoms with Gasteiger partial charge in [0, 0.05) is 48.1 Å². The van der Waals surface area contributed by atoms with Crippen LogP contribution >= 0.6 is 0 Å². The Morgan fingerprint density at radius 1 is 0.943 bits per heavy atom. The van der Waals surface area contributed by atoms with E-state index in [0.29, 0.717) is 11.6 Å². The minimum atomic E-state index is -3.62. The van der Waals surface area contributed by atoms with Crippen LogP contribution in [0.15, 0.2) is 60.8 Å². The third kappa shape index (κ3) is 4.48. The fourth-order valence-electron chi connectivity index (χ4n) is 4.37. The van der Waals surface area contributed by atoms with Crippen molar-refractivity contribution in [2.24, 2.45) is 5.92 Å². The van der Waals surface area contributed by atoms with E-state index in [0.717, 1.165) is 49.8 Å². The molecule has 0 amide bonds. The third-order valence-corrected chi connectivity index (χ3v) is 6.50. The minimum absolute atomic E-state index is 0.150. The molecule has 35 heavy (non-hydrogen) atoms. The summed E-state index contributed by atoms with van der Waals surface area (Å²) in [6.07, 6.45) is 2.93. The molecule has 0 spiro atoms. The van der Waals surface area contributed by atoms with Crippen LogP contribution in [0.2, 0.25) is 0 Å². The van der Waals surface area contributed by atoms with E-state index >= 15 is 8.78 Å². The Bertz CT molecular complexity index is 1270. The molecule has 0 saturated carbocycles. The molecule has 2 aromatic carbocycles. The van der Waals surface area contributed by atoms with Crippen molar-refractivity contribution in [3.05, 3.63) is 95.1 Å². The highest BCUT2D eigenvalue weighted by atomic mass is 19.3. The van der Waals surface area contributed by atoms with Crippen LogP contribution in [0.4, 0.5) is 27.6 Å². The number of anilines is 1. The van der Waals surface area contributed by atoms with Crippen LogP contribution in [-0.4, -0.2) is 24.7 Å². The Morgan fingerprint density at radius 3 is 2.23 bits per heavy atom. The highest BCUT2D eigenvalue weighted by Gasteiger charge is 2.68. The van der Waals surface area contributed by atoms with Gasteiger partial charge in [-0.2, -0.15) is 8.78 Å². The number of benzene rings is 2. The number of ether oxygens (including phenoxy) is 1. The topological polar surface area (TPSA) is 28.7 Å². The van der Waals surface area contributed by atoms with Gasteiger partial charge in [0.15, 0.2) is 5.60 Å². The molecule has 5 rings (SSSR count). The first kappa shape index (κ1) is 23.3. The summed E-state index contributed by atoms with van der Waals surface area (Å²) in [6.45, 7) is 1.18. The van der Waals surface area contributed by atoms with Crippen LogP contribution in [0.5, 0.6) is 0 Å². The molecule has 0 aliphatic carbocycles. The number of nitrogens with zero attached hydrogens (tertiary/aromatic N) is 2. The maximum Gasteiger partial charge on any atom is 0.324 e. The number of alkyl halides is 2. The van der Waals surface area contributed by atoms with Crippen molar-refractivity contribution in [2.45, 2.75) is 24.4 Å². The standard InChI is InChI=1S/C27H21F5N2O/c28-20-4-7-22(8-5-20)34-13-11-18(12-14-34)1-2-19-3-10-25(33-16-19)27(31,32)26(17-35-26)23-9-6-21(29)15-24(23)30/h3-10,15-16,18H,11-14,17H2. The van der Waals surface area contributed by atoms with E-state index in [2.05, 4.69) is 21.7 Å². The van der Waals surface area contributed by atoms with E-state index in [4.69, 9.17) is 4.74 Å². The Labute approximate surface area is 199 Å². The molecule has 3 heterocycles. The van der Waals surface area contributed by atoms with Crippen LogP contribution in [0.3, 0.4) is 0 Å². The van der Waals surface area contributed by atoms with E-state index < -0.39 is 41.0 Å². The molecule has 8 heteroatoms. The highest BCUT2D eigenvalue weighted by Crippen LogP contribution is 2.56. The van der Waals surface area contributed by atoms with Crippen molar-refractivity contribution >= 4 is 5.69 Å². The molecule has 0 N–H and O–H groups in total. The van der Waals surface area contributed by atoms with Crippen molar-refractivity contribution in [1.82, 2.24) is 4.98 Å². The summed E-state index contributed by atoms with van der Waals surface area (Å²) < 4.78 is 76.1. The summed E-state index contributed by atoms with van der Waals surface area (Å²) in [5.74, 6) is 0.502. The van der Waals surface area contributed by atoms with Gasteiger partial charge in [-0.05, 0) is 61.4 Å². The summed E-state index contributed by atoms with van der Waals surface area (Å²) in [5.41, 5.74) is -1.72. The van der Waals surface area contributed by atoms with Crippen LogP contribution in [0.25, 0.3) is 0 Å². The Hall–Kier alpha value is -3.44. The monoisotopic (exact) mass is 484 g/mol. The molecule has 1 unspecified atom stereocenters. The molecule has 3 aromatic rings. The van der Waals surface area contributed by atoms with Gasteiger partial charge >= 0.3 is 5.92 Å². The quantitative estimate of drug-likeness (QED) is 0.267. The zero-order valence-electron chi connectivity index (χ0n) is 18.6. The fraction of sp³-hybridized carbons (Fsp3) is 0.296. The number of rotatable bonds is 4. The second kappa shape index (κ2) is 8.97. The van der Waals surface area contributed by atoms with Gasteiger partial charge in [0.05, 0.1) is 6.61 Å². The second-order valence-electron chi connectivity index (χ2n) is 8.75. The molecule has 2 fully saturated rings. The van der Waals surface area contributed by atoms with E-state index in [9.17, 15) is 13.2 Å². The van der Waals surface area contributed by atoms with Gasteiger partial charge in [0.2, 0.25) is 0 Å². The van der Waals surface area contributed by atoms with E-state index in [1.165, 1.54) is 24.4 Å². The van der Waals surface area contributed by atoms with Crippen LogP contribution in [0.1, 0.15) is 29.7 Å². The minimum Gasteiger partial charge on any atom is -0.371 e. The predicted molar refractivity (Wildman–Crippen MR) is 120 cm³/mol. The summed E-state index contributed by atoms with van der Waals surface area (Å²) in [7, 11) is 0. The summed E-state index contributed by atoms with van der Waals surface area (Å²) >= 11 is 0. The van der Waals surface area contributed by atoms with Crippen molar-refractivity contribution < 1.29 is 26.7 Å². The first-order valence-corrected chi connectivity index (χ1v) is 11.2. The zero-order chi connectivity index (χ0) is 24.6. The Morgan fingerprint density at radius 2 is 1.63 bits per heavy atom. The predicted octanol–water partition coefficient (Wildman–Crippen LogP) is 5.78. The lowest BCUT2D eigenvalue weighted by Crippen LogP contribution is -2.34. The fourth-order valence-corrected chi connectivity index (χ4v) is 4.37. The van der Waals surface area contributed by atoms with E-state index in [-0.39, 0.29) is 11.7 Å². The van der Waals surface area contributed by atoms with Crippen LogP contribution < -0.4 is 4.90 Å². The summed E-state index contributed by atoms with van der Waals surface area (Å²) in [5, 5.41) is 0. The van der Waals surface area contributed by atoms with Gasteiger partial charge < -0.3 is 9.64 Å². The molecule has 0 bridgehead atoms. The lowest BCUT2D eigenvalue weighted by molar-refractivity contribution is -0.0901. The third-order valence-electron chi connectivity index (χ3n) is 6.50. The lowest BCUT2D eigenvalue weighted by atomic mass is 9.90. The van der Waals surface area contributed by atoms with Crippen molar-refractivity contribution in [3.63, 3.8) is 0 Å². The number of aromatic nitrogens is 1. The Balaban J connectivity index is 1.25. The highest BCUT2D eigenvalue weighted by molar-refractivity contribution is 5.47. The summed E-state index contributed by atoms with van der Waals surface area (Å²) in [4.78, 5) is 6.06. The molecule has 2 aliphatic heterocycles. The van der Waals surface area contributed by atoms with Crippen LogP contribution in [-0.2, 0) is 16.3 Å². The Kier molecular flexibility index (Phi) is 5.97. The SMILES string of the molecule is Fc1ccc(N2CCC(C#Cc3ccc(C(F)(F)C4(c5ccc(F)cc5F)CO4)nc3)CC2)cc1. The van der Waals surface area contributed by atoms with Gasteiger partial charge in [-0.15, -0.1) is 0 Å². The maximum atomic E-state index is 15.3. The molecular formula is C27H21F5N2O. The largest absolute Gasteiger partial charge is 0.371 e. The number of hydrogen-bond donors (Lipinski definition) is 0. The summed E-state index contributed by atoms with van der Waals surface area (Å²) in [6, 6.07) is 11.5. The van der Waals surface area contributed by atoms with Gasteiger partial charge in [-0.1, -0.05) is 11.8 Å². The molecule has 2 saturated heterocycles. The molecule has 1 aromatic heterocycles. The average molecular weight is 484 g/mol. The van der Waals surface area contributed by atoms with Crippen molar-refractivity contribution in [1.29, 1.82) is 0 Å². The molecular weight excluding hydrogens is 463 g/mol. The van der Waals surface area contributed by atoms with Crippen molar-refractivity contribution in [3.8, 4) is 11.8 Å². The first-order chi connectivity index (χ1) is 16.8. The second-order valence-corrected chi connectivity index (χ2v) is 8.75. The molecule has 2 aliphatic rings. The van der Waals surface area contributed by atoms with Gasteiger partial charge in [0.1, 0.15) is 23.1 Å². The number of pyridine rings is 1. The average Bonchev–Trinajstić information content (AvgIpc) is 3.66. The molecule has 1 atom stereocenters. The first-order valence-electron chi connectivity index (χ1n) is 11.2. The van der Waals surface area contributed by atoms with Gasteiger partial charge in [-0.25, -0.2) is 13.2 Å². The smallest absolute Gasteiger partial charge is 0.324 e. The number of hydrogen-bond acceptors (Lipinski definition) is 3. The normalized spacial score (nSPS) is 20.3. The van der Waals surface area contributed by atoms with E-state index in [1.807, 2.05) is 0 Å². The molecule has 3 nitrogen and oxygen atoms in total. The molecule has 0 radical (unpaired) electrons. The number of epoxide rings is 1. The van der Waals surface area contributed by atoms with Crippen molar-refractivity contribution in [2.75, 3.05) is 24.6 Å². The van der Waals surface area contributed by atoms with Gasteiger partial charge in [0.25, 0.3) is 0 Å². The van der Waals surface area contributed by atoms with Gasteiger partial charge in [-0.3, -0.25) is 4.98 Å².